The van der Waals surface area contributed by atoms with E-state index in [1.165, 1.54) is 4.57 Å². The zero-order chi connectivity index (χ0) is 19.2. The van der Waals surface area contributed by atoms with E-state index < -0.39 is 0 Å². The summed E-state index contributed by atoms with van der Waals surface area (Å²) in [5.74, 6) is 0.0527. The smallest absolute Gasteiger partial charge is 0.261 e. The molecule has 0 spiro atoms. The van der Waals surface area contributed by atoms with E-state index in [2.05, 4.69) is 11.9 Å². The molecule has 0 aliphatic carbocycles. The van der Waals surface area contributed by atoms with E-state index in [1.54, 1.807) is 12.4 Å². The van der Waals surface area contributed by atoms with Crippen LogP contribution in [0.1, 0.15) is 30.9 Å². The quantitative estimate of drug-likeness (QED) is 0.645. The van der Waals surface area contributed by atoms with Gasteiger partial charge in [-0.25, -0.2) is 4.98 Å². The number of hydrogen-bond acceptors (Lipinski definition) is 3. The van der Waals surface area contributed by atoms with E-state index in [0.29, 0.717) is 25.0 Å². The average Bonchev–Trinajstić information content (AvgIpc) is 2.68. The summed E-state index contributed by atoms with van der Waals surface area (Å²) in [6.07, 6.45) is 2.73. The predicted molar refractivity (Wildman–Crippen MR) is 108 cm³/mol. The van der Waals surface area contributed by atoms with E-state index in [4.69, 9.17) is 0 Å². The largest absolute Gasteiger partial charge is 0.338 e. The molecule has 27 heavy (non-hydrogen) atoms. The monoisotopic (exact) mass is 363 g/mol. The molecule has 0 N–H and O–H groups in total. The van der Waals surface area contributed by atoms with E-state index in [-0.39, 0.29) is 17.9 Å². The van der Waals surface area contributed by atoms with Gasteiger partial charge in [-0.05, 0) is 30.5 Å². The Hall–Kier alpha value is -2.95. The molecule has 0 radical (unpaired) electrons. The Kier molecular flexibility index (Phi) is 6.01. The number of amides is 1. The van der Waals surface area contributed by atoms with Gasteiger partial charge in [0.05, 0.1) is 17.2 Å². The highest BCUT2D eigenvalue weighted by atomic mass is 16.2. The fourth-order valence-corrected chi connectivity index (χ4v) is 3.24. The third-order valence-electron chi connectivity index (χ3n) is 4.68. The van der Waals surface area contributed by atoms with Gasteiger partial charge in [-0.3, -0.25) is 14.2 Å². The minimum atomic E-state index is -0.0957. The first-order valence-corrected chi connectivity index (χ1v) is 9.36. The van der Waals surface area contributed by atoms with E-state index in [0.717, 1.165) is 23.1 Å². The second-order valence-corrected chi connectivity index (χ2v) is 6.77. The molecule has 0 fully saturated rings. The van der Waals surface area contributed by atoms with Crippen molar-refractivity contribution in [3.8, 4) is 0 Å². The minimum Gasteiger partial charge on any atom is -0.338 e. The van der Waals surface area contributed by atoms with Gasteiger partial charge in [0.1, 0.15) is 0 Å². The molecule has 0 aliphatic rings. The van der Waals surface area contributed by atoms with Crippen LogP contribution < -0.4 is 5.56 Å². The number of fused-ring (bicyclic) bond motifs is 1. The van der Waals surface area contributed by atoms with Gasteiger partial charge >= 0.3 is 0 Å². The highest BCUT2D eigenvalue weighted by molar-refractivity contribution is 5.80. The number of aromatic nitrogens is 2. The molecule has 0 unspecified atom stereocenters. The van der Waals surface area contributed by atoms with Gasteiger partial charge in [-0.1, -0.05) is 49.4 Å². The van der Waals surface area contributed by atoms with Crippen molar-refractivity contribution in [1.82, 2.24) is 14.5 Å². The van der Waals surface area contributed by atoms with Crippen molar-refractivity contribution < 1.29 is 4.79 Å². The lowest BCUT2D eigenvalue weighted by atomic mass is 10.1. The molecular formula is C22H25N3O2. The van der Waals surface area contributed by atoms with Crippen LogP contribution in [0.15, 0.2) is 59.7 Å². The molecule has 140 valence electrons. The van der Waals surface area contributed by atoms with Gasteiger partial charge in [-0.2, -0.15) is 0 Å². The van der Waals surface area contributed by atoms with Crippen molar-refractivity contribution in [2.75, 3.05) is 6.54 Å². The Balaban J connectivity index is 1.72. The van der Waals surface area contributed by atoms with Crippen LogP contribution in [0.4, 0.5) is 0 Å². The van der Waals surface area contributed by atoms with E-state index >= 15 is 0 Å². The summed E-state index contributed by atoms with van der Waals surface area (Å²) < 4.78 is 1.53. The van der Waals surface area contributed by atoms with Crippen molar-refractivity contribution in [3.63, 3.8) is 0 Å². The molecule has 3 rings (SSSR count). The summed E-state index contributed by atoms with van der Waals surface area (Å²) >= 11 is 0. The number of rotatable bonds is 7. The predicted octanol–water partition coefficient (Wildman–Crippen LogP) is 3.53. The van der Waals surface area contributed by atoms with Crippen LogP contribution in [0.2, 0.25) is 0 Å². The maximum Gasteiger partial charge on any atom is 0.261 e. The van der Waals surface area contributed by atoms with Crippen molar-refractivity contribution >= 4 is 16.8 Å². The van der Waals surface area contributed by atoms with Crippen LogP contribution in [0.5, 0.6) is 0 Å². The molecule has 1 amide bonds. The van der Waals surface area contributed by atoms with E-state index in [9.17, 15) is 9.59 Å². The number of aryl methyl sites for hydroxylation is 2. The minimum absolute atomic E-state index is 0.0527. The first-order chi connectivity index (χ1) is 13.1. The fourth-order valence-electron chi connectivity index (χ4n) is 3.24. The maximum atomic E-state index is 12.7. The number of carbonyl (C=O) groups is 1. The number of nitrogens with zero attached hydrogens (tertiary/aromatic N) is 3. The highest BCUT2D eigenvalue weighted by Gasteiger charge is 2.14. The van der Waals surface area contributed by atoms with Gasteiger partial charge < -0.3 is 4.90 Å². The summed E-state index contributed by atoms with van der Waals surface area (Å²) in [5, 5.41) is 0.597. The molecule has 5 nitrogen and oxygen atoms in total. The van der Waals surface area contributed by atoms with Crippen molar-refractivity contribution in [3.05, 3.63) is 76.3 Å². The molecule has 0 atom stereocenters. The SMILES string of the molecule is CCCN(Cc1ccccc1)C(=O)CCn1cnc2c(C)cccc2c1=O. The molecule has 5 heteroatoms. The Morgan fingerprint density at radius 3 is 2.63 bits per heavy atom. The standard InChI is InChI=1S/C22H25N3O2/c1-3-13-24(15-18-9-5-4-6-10-18)20(26)12-14-25-16-23-21-17(2)8-7-11-19(21)22(25)27/h4-11,16H,3,12-15H2,1-2H3. The molecule has 3 aromatic rings. The van der Waals surface area contributed by atoms with Crippen molar-refractivity contribution in [2.45, 2.75) is 39.8 Å². The number of carbonyl (C=O) groups excluding carboxylic acids is 1. The molecular weight excluding hydrogens is 338 g/mol. The highest BCUT2D eigenvalue weighted by Crippen LogP contribution is 2.12. The van der Waals surface area contributed by atoms with Crippen LogP contribution in [0, 0.1) is 6.92 Å². The van der Waals surface area contributed by atoms with Crippen LogP contribution >= 0.6 is 0 Å². The van der Waals surface area contributed by atoms with Crippen LogP contribution in [0.25, 0.3) is 10.9 Å². The van der Waals surface area contributed by atoms with Gasteiger partial charge in [-0.15, -0.1) is 0 Å². The van der Waals surface area contributed by atoms with Gasteiger partial charge in [0.25, 0.3) is 5.56 Å². The molecule has 2 aromatic carbocycles. The number of para-hydroxylation sites is 1. The fraction of sp³-hybridized carbons (Fsp3) is 0.318. The number of benzene rings is 2. The third kappa shape index (κ3) is 4.42. The summed E-state index contributed by atoms with van der Waals surface area (Å²) in [5.41, 5.74) is 2.72. The molecule has 1 aromatic heterocycles. The Labute approximate surface area is 159 Å². The lowest BCUT2D eigenvalue weighted by molar-refractivity contribution is -0.132. The lowest BCUT2D eigenvalue weighted by Crippen LogP contribution is -2.33. The summed E-state index contributed by atoms with van der Waals surface area (Å²) in [7, 11) is 0. The third-order valence-corrected chi connectivity index (χ3v) is 4.68. The second-order valence-electron chi connectivity index (χ2n) is 6.77. The average molecular weight is 363 g/mol. The van der Waals surface area contributed by atoms with Crippen LogP contribution in [-0.4, -0.2) is 26.9 Å². The molecule has 1 heterocycles. The molecule has 0 bridgehead atoms. The summed E-state index contributed by atoms with van der Waals surface area (Å²) in [6.45, 7) is 5.64. The van der Waals surface area contributed by atoms with Crippen LogP contribution in [-0.2, 0) is 17.9 Å². The van der Waals surface area contributed by atoms with Gasteiger partial charge in [0.15, 0.2) is 0 Å². The number of hydrogen-bond donors (Lipinski definition) is 0. The molecule has 0 saturated heterocycles. The topological polar surface area (TPSA) is 55.2 Å². The van der Waals surface area contributed by atoms with Gasteiger partial charge in [0, 0.05) is 26.1 Å². The Bertz CT molecular complexity index is 980. The Morgan fingerprint density at radius 1 is 1.11 bits per heavy atom. The second kappa shape index (κ2) is 8.62. The van der Waals surface area contributed by atoms with Crippen molar-refractivity contribution in [1.29, 1.82) is 0 Å². The van der Waals surface area contributed by atoms with Crippen LogP contribution in [0.3, 0.4) is 0 Å². The molecule has 0 saturated carbocycles. The van der Waals surface area contributed by atoms with E-state index in [1.807, 2.05) is 54.3 Å². The Morgan fingerprint density at radius 2 is 1.89 bits per heavy atom. The molecule has 0 aliphatic heterocycles. The summed E-state index contributed by atoms with van der Waals surface area (Å²) in [4.78, 5) is 31.7. The maximum absolute atomic E-state index is 12.7. The first-order valence-electron chi connectivity index (χ1n) is 9.36. The first kappa shape index (κ1) is 18.8. The zero-order valence-electron chi connectivity index (χ0n) is 15.9. The zero-order valence-corrected chi connectivity index (χ0v) is 15.9. The van der Waals surface area contributed by atoms with Gasteiger partial charge in [0.2, 0.25) is 5.91 Å². The normalized spacial score (nSPS) is 10.9. The van der Waals surface area contributed by atoms with Crippen molar-refractivity contribution in [2.24, 2.45) is 0 Å². The summed E-state index contributed by atoms with van der Waals surface area (Å²) in [6, 6.07) is 15.6. The lowest BCUT2D eigenvalue weighted by Gasteiger charge is -2.22.